The summed E-state index contributed by atoms with van der Waals surface area (Å²) in [6, 6.07) is 4.88. The lowest BCUT2D eigenvalue weighted by Gasteiger charge is -2.47. The highest BCUT2D eigenvalue weighted by Crippen LogP contribution is 2.27. The molecule has 12 heteroatoms. The fraction of sp³-hybridized carbons (Fsp3) is 0.476. The summed E-state index contributed by atoms with van der Waals surface area (Å²) in [6.07, 6.45) is -2.27. The van der Waals surface area contributed by atoms with Gasteiger partial charge >= 0.3 is 6.18 Å². The highest BCUT2D eigenvalue weighted by molar-refractivity contribution is 5.70. The lowest BCUT2D eigenvalue weighted by Crippen LogP contribution is -2.62. The van der Waals surface area contributed by atoms with Crippen LogP contribution in [0.3, 0.4) is 0 Å². The van der Waals surface area contributed by atoms with Crippen molar-refractivity contribution in [3.05, 3.63) is 47.4 Å². The van der Waals surface area contributed by atoms with E-state index >= 15 is 0 Å². The summed E-state index contributed by atoms with van der Waals surface area (Å²) in [5.41, 5.74) is 13.8. The number of piperazine rings is 1. The second kappa shape index (κ2) is 10.7. The molecule has 1 amide bonds. The molecule has 33 heavy (non-hydrogen) atoms. The Kier molecular flexibility index (Phi) is 7.92. The van der Waals surface area contributed by atoms with E-state index in [1.54, 1.807) is 29.2 Å². The maximum absolute atomic E-state index is 13.5. The molecule has 0 saturated carbocycles. The maximum Gasteiger partial charge on any atom is 0.405 e. The number of allylic oxidation sites excluding steroid dienone is 1. The van der Waals surface area contributed by atoms with Gasteiger partial charge in [-0.05, 0) is 18.2 Å². The number of phenolic OH excluding ortho intramolecular Hbond substituents is 1. The Morgan fingerprint density at radius 2 is 2.06 bits per heavy atom. The molecule has 2 aliphatic rings. The van der Waals surface area contributed by atoms with Crippen LogP contribution in [0.5, 0.6) is 5.75 Å². The van der Waals surface area contributed by atoms with Crippen molar-refractivity contribution in [2.75, 3.05) is 45.8 Å². The van der Waals surface area contributed by atoms with Gasteiger partial charge in [-0.3, -0.25) is 9.69 Å². The molecule has 9 nitrogen and oxygen atoms in total. The van der Waals surface area contributed by atoms with Crippen molar-refractivity contribution in [1.29, 1.82) is 0 Å². The molecule has 2 heterocycles. The fourth-order valence-corrected chi connectivity index (χ4v) is 4.07. The summed E-state index contributed by atoms with van der Waals surface area (Å²) in [6.45, 7) is 1.74. The van der Waals surface area contributed by atoms with E-state index in [0.717, 1.165) is 0 Å². The molecule has 1 aromatic rings. The third kappa shape index (κ3) is 6.23. The van der Waals surface area contributed by atoms with Gasteiger partial charge in [0.05, 0.1) is 11.7 Å². The molecule has 0 spiro atoms. The van der Waals surface area contributed by atoms with Crippen LogP contribution >= 0.6 is 0 Å². The van der Waals surface area contributed by atoms with E-state index in [1.165, 1.54) is 6.07 Å². The number of hydrogen-bond donors (Lipinski definition) is 6. The molecular weight excluding hydrogens is 439 g/mol. The van der Waals surface area contributed by atoms with Gasteiger partial charge in [-0.25, -0.2) is 0 Å². The van der Waals surface area contributed by atoms with Gasteiger partial charge in [0.25, 0.3) is 0 Å². The van der Waals surface area contributed by atoms with Crippen LogP contribution in [0.25, 0.3) is 5.70 Å². The monoisotopic (exact) mass is 469 g/mol. The number of phenols is 1. The number of rotatable bonds is 9. The van der Waals surface area contributed by atoms with Gasteiger partial charge in [0, 0.05) is 57.1 Å². The van der Waals surface area contributed by atoms with E-state index in [9.17, 15) is 23.1 Å². The highest BCUT2D eigenvalue weighted by Gasteiger charge is 2.42. The van der Waals surface area contributed by atoms with E-state index < -0.39 is 12.2 Å². The SMILES string of the molecule is NC1=C(/C=C(\N)c2ccccc2O)N2CCN(CC(NCCNC=O)C(F)(F)F)CC2CN1. The summed E-state index contributed by atoms with van der Waals surface area (Å²) in [5.74, 6) is 0.472. The van der Waals surface area contributed by atoms with E-state index in [1.807, 2.05) is 4.90 Å². The van der Waals surface area contributed by atoms with Gasteiger partial charge in [-0.1, -0.05) is 12.1 Å². The predicted octanol–water partition coefficient (Wildman–Crippen LogP) is -0.324. The number of benzene rings is 1. The normalized spacial score (nSPS) is 20.8. The quantitative estimate of drug-likeness (QED) is 0.214. The van der Waals surface area contributed by atoms with Crippen molar-refractivity contribution in [2.45, 2.75) is 18.3 Å². The van der Waals surface area contributed by atoms with Crippen molar-refractivity contribution in [3.8, 4) is 5.75 Å². The molecule has 8 N–H and O–H groups in total. The van der Waals surface area contributed by atoms with Gasteiger partial charge in [0.1, 0.15) is 17.6 Å². The Morgan fingerprint density at radius 3 is 2.76 bits per heavy atom. The third-order valence-corrected chi connectivity index (χ3v) is 5.77. The zero-order chi connectivity index (χ0) is 24.0. The highest BCUT2D eigenvalue weighted by atomic mass is 19.4. The van der Waals surface area contributed by atoms with Crippen molar-refractivity contribution < 1.29 is 23.1 Å². The molecule has 2 aliphatic heterocycles. The molecule has 1 aromatic carbocycles. The average Bonchev–Trinajstić information content (AvgIpc) is 2.77. The van der Waals surface area contributed by atoms with Crippen LogP contribution in [0.1, 0.15) is 5.56 Å². The number of carbonyl (C=O) groups excluding carboxylic acids is 1. The maximum atomic E-state index is 13.5. The number of nitrogens with zero attached hydrogens (tertiary/aromatic N) is 2. The largest absolute Gasteiger partial charge is 0.507 e. The summed E-state index contributed by atoms with van der Waals surface area (Å²) < 4.78 is 40.5. The topological polar surface area (TPSA) is 132 Å². The van der Waals surface area contributed by atoms with Crippen LogP contribution in [0.4, 0.5) is 13.2 Å². The number of nitrogens with one attached hydrogen (secondary N) is 3. The fourth-order valence-electron chi connectivity index (χ4n) is 4.07. The molecule has 0 aliphatic carbocycles. The number of alkyl halides is 3. The van der Waals surface area contributed by atoms with Crippen molar-refractivity contribution in [2.24, 2.45) is 11.5 Å². The molecule has 2 unspecified atom stereocenters. The van der Waals surface area contributed by atoms with Crippen LogP contribution in [-0.4, -0.2) is 85.4 Å². The Labute approximate surface area is 190 Å². The van der Waals surface area contributed by atoms with Gasteiger partial charge < -0.3 is 37.4 Å². The average molecular weight is 470 g/mol. The van der Waals surface area contributed by atoms with Crippen molar-refractivity contribution in [3.63, 3.8) is 0 Å². The Bertz CT molecular complexity index is 891. The minimum atomic E-state index is -4.41. The molecule has 0 bridgehead atoms. The van der Waals surface area contributed by atoms with Gasteiger partial charge in [0.15, 0.2) is 0 Å². The molecular formula is C21H30F3N7O2. The van der Waals surface area contributed by atoms with Crippen LogP contribution in [0.15, 0.2) is 41.9 Å². The van der Waals surface area contributed by atoms with Crippen LogP contribution < -0.4 is 27.4 Å². The number of aromatic hydroxyl groups is 1. The number of para-hydroxylation sites is 1. The lowest BCUT2D eigenvalue weighted by molar-refractivity contribution is -0.161. The first-order valence-corrected chi connectivity index (χ1v) is 10.7. The molecule has 0 radical (unpaired) electrons. The first-order chi connectivity index (χ1) is 15.7. The Morgan fingerprint density at radius 1 is 1.30 bits per heavy atom. The zero-order valence-electron chi connectivity index (χ0n) is 18.1. The lowest BCUT2D eigenvalue weighted by atomic mass is 10.0. The predicted molar refractivity (Wildman–Crippen MR) is 118 cm³/mol. The van der Waals surface area contributed by atoms with Gasteiger partial charge in [-0.15, -0.1) is 0 Å². The second-order valence-electron chi connectivity index (χ2n) is 8.02. The molecule has 1 fully saturated rings. The zero-order valence-corrected chi connectivity index (χ0v) is 18.1. The van der Waals surface area contributed by atoms with Crippen LogP contribution in [0.2, 0.25) is 0 Å². The van der Waals surface area contributed by atoms with Crippen molar-refractivity contribution >= 4 is 12.1 Å². The number of nitrogens with two attached hydrogens (primary N) is 2. The Balaban J connectivity index is 1.68. The first-order valence-electron chi connectivity index (χ1n) is 10.7. The summed E-state index contributed by atoms with van der Waals surface area (Å²) >= 11 is 0. The van der Waals surface area contributed by atoms with E-state index in [-0.39, 0.29) is 31.4 Å². The van der Waals surface area contributed by atoms with Crippen LogP contribution in [0, 0.1) is 0 Å². The smallest absolute Gasteiger partial charge is 0.405 e. The summed E-state index contributed by atoms with van der Waals surface area (Å²) in [4.78, 5) is 14.1. The third-order valence-electron chi connectivity index (χ3n) is 5.77. The minimum Gasteiger partial charge on any atom is -0.507 e. The number of amides is 1. The van der Waals surface area contributed by atoms with Crippen LogP contribution in [-0.2, 0) is 4.79 Å². The summed E-state index contributed by atoms with van der Waals surface area (Å²) in [5, 5.41) is 18.0. The Hall–Kier alpha value is -3.12. The minimum absolute atomic E-state index is 0.0215. The van der Waals surface area contributed by atoms with E-state index in [2.05, 4.69) is 16.0 Å². The number of fused-ring (bicyclic) bond motifs is 1. The second-order valence-corrected chi connectivity index (χ2v) is 8.02. The molecule has 182 valence electrons. The van der Waals surface area contributed by atoms with Gasteiger partial charge in [0.2, 0.25) is 6.41 Å². The number of halogens is 3. The molecule has 3 rings (SSSR count). The van der Waals surface area contributed by atoms with Gasteiger partial charge in [-0.2, -0.15) is 13.2 Å². The molecule has 0 aromatic heterocycles. The van der Waals surface area contributed by atoms with E-state index in [0.29, 0.717) is 55.4 Å². The first kappa shape index (κ1) is 24.5. The summed E-state index contributed by atoms with van der Waals surface area (Å²) in [7, 11) is 0. The van der Waals surface area contributed by atoms with E-state index in [4.69, 9.17) is 11.5 Å². The number of hydrogen-bond acceptors (Lipinski definition) is 8. The van der Waals surface area contributed by atoms with Crippen molar-refractivity contribution in [1.82, 2.24) is 25.8 Å². The molecule has 1 saturated heterocycles. The molecule has 2 atom stereocenters. The standard InChI is InChI=1S/C21H30F3N7O2/c22-21(23,24)19(28-6-5-27-13-32)12-30-7-8-31-14(11-30)10-29-20(26)17(31)9-16(25)15-3-1-2-4-18(15)33/h1-4,9,13-14,19,28-29,33H,5-8,10-12,25-26H2,(H,27,32)/b16-9-. The number of carbonyl (C=O) groups is 1.